The van der Waals surface area contributed by atoms with E-state index in [-0.39, 0.29) is 12.5 Å². The number of nitrogens with one attached hydrogen (secondary N) is 1. The Morgan fingerprint density at radius 1 is 0.897 bits per heavy atom. The van der Waals surface area contributed by atoms with E-state index in [1.807, 2.05) is 88.4 Å². The Morgan fingerprint density at radius 3 is 2.21 bits per heavy atom. The van der Waals surface area contributed by atoms with Crippen LogP contribution in [0.1, 0.15) is 41.2 Å². The standard InChI is InChI=1S/C31H39N3O4S/c1-6-18-32-31(36)29(20-26-14-8-7-9-15-26)33(21-27-16-10-12-23(2)19-27)30(35)22-34(39(5,37)38)28-17-11-13-24(3)25(28)4/h7-17,19,29H,6,18,20-22H2,1-5H3,(H,32,36). The van der Waals surface area contributed by atoms with Crippen LogP contribution in [-0.4, -0.2) is 50.5 Å². The average molecular weight is 550 g/mol. The maximum absolute atomic E-state index is 14.1. The van der Waals surface area contributed by atoms with Crippen LogP contribution >= 0.6 is 0 Å². The van der Waals surface area contributed by atoms with Gasteiger partial charge in [0.05, 0.1) is 11.9 Å². The number of nitrogens with zero attached hydrogens (tertiary/aromatic N) is 2. The van der Waals surface area contributed by atoms with Gasteiger partial charge in [-0.05, 0) is 55.5 Å². The first-order valence-corrected chi connectivity index (χ1v) is 15.1. The highest BCUT2D eigenvalue weighted by atomic mass is 32.2. The van der Waals surface area contributed by atoms with E-state index in [1.54, 1.807) is 12.1 Å². The molecule has 0 aliphatic heterocycles. The summed E-state index contributed by atoms with van der Waals surface area (Å²) in [6.45, 7) is 7.92. The lowest BCUT2D eigenvalue weighted by Crippen LogP contribution is -2.53. The van der Waals surface area contributed by atoms with Gasteiger partial charge in [0.25, 0.3) is 0 Å². The predicted octanol–water partition coefficient (Wildman–Crippen LogP) is 4.54. The quantitative estimate of drug-likeness (QED) is 0.359. The second kappa shape index (κ2) is 13.4. The van der Waals surface area contributed by atoms with Gasteiger partial charge in [0.1, 0.15) is 12.6 Å². The van der Waals surface area contributed by atoms with Crippen molar-refractivity contribution < 1.29 is 18.0 Å². The summed E-state index contributed by atoms with van der Waals surface area (Å²) < 4.78 is 27.1. The molecule has 0 spiro atoms. The molecule has 0 aromatic heterocycles. The fourth-order valence-corrected chi connectivity index (χ4v) is 5.43. The molecule has 0 radical (unpaired) electrons. The maximum Gasteiger partial charge on any atom is 0.244 e. The molecule has 3 aromatic rings. The molecular formula is C31H39N3O4S. The molecule has 1 unspecified atom stereocenters. The highest BCUT2D eigenvalue weighted by molar-refractivity contribution is 7.92. The zero-order valence-electron chi connectivity index (χ0n) is 23.5. The largest absolute Gasteiger partial charge is 0.354 e. The second-order valence-corrected chi connectivity index (χ2v) is 11.9. The Labute approximate surface area is 232 Å². The normalized spacial score (nSPS) is 12.0. The second-order valence-electron chi connectivity index (χ2n) is 10.00. The van der Waals surface area contributed by atoms with E-state index in [1.165, 1.54) is 4.90 Å². The summed E-state index contributed by atoms with van der Waals surface area (Å²) in [4.78, 5) is 29.2. The minimum absolute atomic E-state index is 0.169. The van der Waals surface area contributed by atoms with Gasteiger partial charge in [-0.3, -0.25) is 13.9 Å². The highest BCUT2D eigenvalue weighted by Gasteiger charge is 2.33. The zero-order valence-corrected chi connectivity index (χ0v) is 24.3. The number of anilines is 1. The molecule has 0 heterocycles. The van der Waals surface area contributed by atoms with Crippen molar-refractivity contribution in [1.29, 1.82) is 0 Å². The van der Waals surface area contributed by atoms with E-state index in [0.29, 0.717) is 18.7 Å². The van der Waals surface area contributed by atoms with Gasteiger partial charge in [-0.25, -0.2) is 8.42 Å². The fraction of sp³-hybridized carbons (Fsp3) is 0.355. The Hall–Kier alpha value is -3.65. The molecule has 0 saturated heterocycles. The van der Waals surface area contributed by atoms with Gasteiger partial charge in [-0.1, -0.05) is 79.2 Å². The molecule has 0 aliphatic rings. The first kappa shape index (κ1) is 29.9. The van der Waals surface area contributed by atoms with E-state index in [9.17, 15) is 18.0 Å². The Kier molecular flexibility index (Phi) is 10.3. The molecule has 8 heteroatoms. The Morgan fingerprint density at radius 2 is 1.56 bits per heavy atom. The number of aryl methyl sites for hydroxylation is 2. The third-order valence-electron chi connectivity index (χ3n) is 6.78. The van der Waals surface area contributed by atoms with Crippen molar-refractivity contribution in [1.82, 2.24) is 10.2 Å². The van der Waals surface area contributed by atoms with Crippen LogP contribution in [-0.2, 0) is 32.6 Å². The van der Waals surface area contributed by atoms with Crippen LogP contribution in [0.4, 0.5) is 5.69 Å². The van der Waals surface area contributed by atoms with Crippen molar-refractivity contribution in [3.8, 4) is 0 Å². The van der Waals surface area contributed by atoms with Crippen molar-refractivity contribution in [3.63, 3.8) is 0 Å². The van der Waals surface area contributed by atoms with Crippen LogP contribution in [0.25, 0.3) is 0 Å². The molecular weight excluding hydrogens is 510 g/mol. The molecule has 208 valence electrons. The molecule has 0 fully saturated rings. The van der Waals surface area contributed by atoms with Crippen molar-refractivity contribution in [2.45, 2.75) is 53.1 Å². The molecule has 39 heavy (non-hydrogen) atoms. The topological polar surface area (TPSA) is 86.8 Å². The van der Waals surface area contributed by atoms with Gasteiger partial charge in [0.15, 0.2) is 0 Å². The van der Waals surface area contributed by atoms with Gasteiger partial charge in [-0.2, -0.15) is 0 Å². The number of benzene rings is 3. The number of hydrogen-bond donors (Lipinski definition) is 1. The molecule has 3 rings (SSSR count). The molecule has 1 N–H and O–H groups in total. The minimum Gasteiger partial charge on any atom is -0.354 e. The van der Waals surface area contributed by atoms with Gasteiger partial charge >= 0.3 is 0 Å². The number of amides is 2. The lowest BCUT2D eigenvalue weighted by atomic mass is 10.0. The van der Waals surface area contributed by atoms with Crippen LogP contribution in [0.2, 0.25) is 0 Å². The molecule has 0 saturated carbocycles. The molecule has 2 amide bonds. The van der Waals surface area contributed by atoms with Crippen molar-refractivity contribution in [3.05, 3.63) is 101 Å². The summed E-state index contributed by atoms with van der Waals surface area (Å²) in [6.07, 6.45) is 2.16. The number of sulfonamides is 1. The van der Waals surface area contributed by atoms with Crippen LogP contribution in [0, 0.1) is 20.8 Å². The van der Waals surface area contributed by atoms with Crippen molar-refractivity contribution in [2.24, 2.45) is 0 Å². The van der Waals surface area contributed by atoms with Crippen LogP contribution in [0.5, 0.6) is 0 Å². The molecule has 0 aliphatic carbocycles. The summed E-state index contributed by atoms with van der Waals surface area (Å²) in [6, 6.07) is 21.9. The highest BCUT2D eigenvalue weighted by Crippen LogP contribution is 2.26. The number of hydrogen-bond acceptors (Lipinski definition) is 4. The third kappa shape index (κ3) is 8.17. The summed E-state index contributed by atoms with van der Waals surface area (Å²) in [5.41, 5.74) is 4.96. The van der Waals surface area contributed by atoms with Crippen molar-refractivity contribution in [2.75, 3.05) is 23.7 Å². The van der Waals surface area contributed by atoms with E-state index in [2.05, 4.69) is 5.32 Å². The first-order valence-electron chi connectivity index (χ1n) is 13.2. The van der Waals surface area contributed by atoms with Gasteiger partial charge in [0.2, 0.25) is 21.8 Å². The Balaban J connectivity index is 2.07. The molecule has 0 bridgehead atoms. The number of carbonyl (C=O) groups excluding carboxylic acids is 2. The number of carbonyl (C=O) groups is 2. The summed E-state index contributed by atoms with van der Waals surface area (Å²) in [7, 11) is -3.80. The van der Waals surface area contributed by atoms with Crippen LogP contribution < -0.4 is 9.62 Å². The van der Waals surface area contributed by atoms with E-state index < -0.39 is 28.5 Å². The van der Waals surface area contributed by atoms with Gasteiger partial charge in [-0.15, -0.1) is 0 Å². The maximum atomic E-state index is 14.1. The summed E-state index contributed by atoms with van der Waals surface area (Å²) in [5.74, 6) is -0.713. The third-order valence-corrected chi connectivity index (χ3v) is 7.91. The minimum atomic E-state index is -3.80. The van der Waals surface area contributed by atoms with Crippen molar-refractivity contribution >= 4 is 27.5 Å². The van der Waals surface area contributed by atoms with Gasteiger partial charge in [0, 0.05) is 19.5 Å². The van der Waals surface area contributed by atoms with E-state index in [0.717, 1.165) is 44.8 Å². The first-order chi connectivity index (χ1) is 18.5. The van der Waals surface area contributed by atoms with Gasteiger partial charge < -0.3 is 10.2 Å². The SMILES string of the molecule is CCCNC(=O)C(Cc1ccccc1)N(Cc1cccc(C)c1)C(=O)CN(c1cccc(C)c1C)S(C)(=O)=O. The van der Waals surface area contributed by atoms with E-state index in [4.69, 9.17) is 0 Å². The Bertz CT molecular complexity index is 1390. The summed E-state index contributed by atoms with van der Waals surface area (Å²) in [5, 5.41) is 2.95. The lowest BCUT2D eigenvalue weighted by Gasteiger charge is -2.34. The summed E-state index contributed by atoms with van der Waals surface area (Å²) >= 11 is 0. The lowest BCUT2D eigenvalue weighted by molar-refractivity contribution is -0.140. The number of rotatable bonds is 12. The van der Waals surface area contributed by atoms with Crippen LogP contribution in [0.15, 0.2) is 72.8 Å². The monoisotopic (exact) mass is 549 g/mol. The molecule has 1 atom stereocenters. The molecule has 7 nitrogen and oxygen atoms in total. The van der Waals surface area contributed by atoms with Crippen LogP contribution in [0.3, 0.4) is 0 Å². The zero-order chi connectivity index (χ0) is 28.6. The predicted molar refractivity (Wildman–Crippen MR) is 157 cm³/mol. The molecule has 3 aromatic carbocycles. The average Bonchev–Trinajstić information content (AvgIpc) is 2.89. The fourth-order valence-electron chi connectivity index (χ4n) is 4.53. The van der Waals surface area contributed by atoms with E-state index >= 15 is 0 Å². The smallest absolute Gasteiger partial charge is 0.244 e.